The molecule has 2 aliphatic heterocycles. The van der Waals surface area contributed by atoms with Crippen molar-refractivity contribution in [3.63, 3.8) is 0 Å². The number of hydrogen-bond acceptors (Lipinski definition) is 2. The first kappa shape index (κ1) is 16.3. The zero-order valence-electron chi connectivity index (χ0n) is 14.5. The van der Waals surface area contributed by atoms with Gasteiger partial charge in [0.25, 0.3) is 0 Å². The third kappa shape index (κ3) is 4.46. The Balaban J connectivity index is 1.69. The average Bonchev–Trinajstić information content (AvgIpc) is 2.39. The minimum atomic E-state index is 0.509. The van der Waals surface area contributed by atoms with E-state index in [0.717, 1.165) is 17.9 Å². The van der Waals surface area contributed by atoms with Gasteiger partial charge in [-0.3, -0.25) is 0 Å². The maximum atomic E-state index is 2.75. The van der Waals surface area contributed by atoms with Crippen LogP contribution in [0.3, 0.4) is 0 Å². The molecule has 0 atom stereocenters. The van der Waals surface area contributed by atoms with Gasteiger partial charge in [0.05, 0.1) is 0 Å². The van der Waals surface area contributed by atoms with Crippen LogP contribution in [0.2, 0.25) is 0 Å². The molecule has 2 fully saturated rings. The van der Waals surface area contributed by atoms with Crippen molar-refractivity contribution in [1.82, 2.24) is 9.80 Å². The van der Waals surface area contributed by atoms with Crippen LogP contribution in [0.5, 0.6) is 0 Å². The standard InChI is InChI=1S/C18H36N2/c1-15(2)20-12-6-16(7-13-20)14-19-10-8-17(9-11-19)18(3,4)5/h15-17H,6-14H2,1-5H3. The highest BCUT2D eigenvalue weighted by molar-refractivity contribution is 4.83. The molecule has 0 aromatic carbocycles. The second-order valence-corrected chi connectivity index (χ2v) is 8.51. The Morgan fingerprint density at radius 1 is 0.900 bits per heavy atom. The van der Waals surface area contributed by atoms with E-state index in [1.165, 1.54) is 58.4 Å². The average molecular weight is 280 g/mol. The molecular formula is C18H36N2. The summed E-state index contributed by atoms with van der Waals surface area (Å²) >= 11 is 0. The van der Waals surface area contributed by atoms with Crippen molar-refractivity contribution >= 4 is 0 Å². The Labute approximate surface area is 126 Å². The summed E-state index contributed by atoms with van der Waals surface area (Å²) in [7, 11) is 0. The van der Waals surface area contributed by atoms with Crippen molar-refractivity contribution in [2.45, 2.75) is 66.3 Å². The lowest BCUT2D eigenvalue weighted by Gasteiger charge is -2.41. The monoisotopic (exact) mass is 280 g/mol. The molecule has 0 bridgehead atoms. The van der Waals surface area contributed by atoms with Crippen molar-refractivity contribution < 1.29 is 0 Å². The second kappa shape index (κ2) is 6.79. The Morgan fingerprint density at radius 3 is 1.90 bits per heavy atom. The van der Waals surface area contributed by atoms with E-state index in [4.69, 9.17) is 0 Å². The van der Waals surface area contributed by atoms with Gasteiger partial charge < -0.3 is 9.80 Å². The highest BCUT2D eigenvalue weighted by atomic mass is 15.2. The summed E-state index contributed by atoms with van der Waals surface area (Å²) in [5.41, 5.74) is 0.509. The fraction of sp³-hybridized carbons (Fsp3) is 1.00. The number of likely N-dealkylation sites (tertiary alicyclic amines) is 2. The van der Waals surface area contributed by atoms with E-state index in [2.05, 4.69) is 44.4 Å². The molecule has 2 heterocycles. The summed E-state index contributed by atoms with van der Waals surface area (Å²) in [5, 5.41) is 0. The third-order valence-electron chi connectivity index (χ3n) is 5.71. The van der Waals surface area contributed by atoms with E-state index >= 15 is 0 Å². The van der Waals surface area contributed by atoms with Gasteiger partial charge in [0, 0.05) is 12.6 Å². The van der Waals surface area contributed by atoms with Crippen LogP contribution in [0.4, 0.5) is 0 Å². The molecule has 0 aromatic rings. The summed E-state index contributed by atoms with van der Waals surface area (Å²) in [6, 6.07) is 0.735. The molecule has 0 saturated carbocycles. The molecule has 0 amide bonds. The first-order valence-corrected chi connectivity index (χ1v) is 8.82. The van der Waals surface area contributed by atoms with Gasteiger partial charge in [-0.05, 0) is 83.0 Å². The van der Waals surface area contributed by atoms with E-state index in [-0.39, 0.29) is 0 Å². The fourth-order valence-electron chi connectivity index (χ4n) is 4.00. The highest BCUT2D eigenvalue weighted by Crippen LogP contribution is 2.34. The van der Waals surface area contributed by atoms with Gasteiger partial charge in [0.15, 0.2) is 0 Å². The minimum absolute atomic E-state index is 0.509. The molecule has 0 aliphatic carbocycles. The first-order chi connectivity index (χ1) is 9.36. The van der Waals surface area contributed by atoms with Crippen molar-refractivity contribution in [3.8, 4) is 0 Å². The summed E-state index contributed by atoms with van der Waals surface area (Å²) in [4.78, 5) is 5.39. The Bertz CT molecular complexity index is 276. The van der Waals surface area contributed by atoms with Gasteiger partial charge >= 0.3 is 0 Å². The Morgan fingerprint density at radius 2 is 1.45 bits per heavy atom. The molecule has 2 nitrogen and oxygen atoms in total. The van der Waals surface area contributed by atoms with Crippen LogP contribution in [0.25, 0.3) is 0 Å². The lowest BCUT2D eigenvalue weighted by molar-refractivity contribution is 0.0790. The number of rotatable bonds is 3. The van der Waals surface area contributed by atoms with E-state index in [9.17, 15) is 0 Å². The zero-order valence-corrected chi connectivity index (χ0v) is 14.5. The van der Waals surface area contributed by atoms with Crippen molar-refractivity contribution in [1.29, 1.82) is 0 Å². The normalized spacial score (nSPS) is 25.5. The topological polar surface area (TPSA) is 6.48 Å². The predicted octanol–water partition coefficient (Wildman–Crippen LogP) is 3.86. The van der Waals surface area contributed by atoms with Crippen LogP contribution in [-0.4, -0.2) is 48.6 Å². The maximum Gasteiger partial charge on any atom is 0.00385 e. The van der Waals surface area contributed by atoms with Crippen LogP contribution in [-0.2, 0) is 0 Å². The molecule has 0 unspecified atom stereocenters. The molecule has 20 heavy (non-hydrogen) atoms. The van der Waals surface area contributed by atoms with Crippen LogP contribution in [0.1, 0.15) is 60.3 Å². The van der Waals surface area contributed by atoms with Gasteiger partial charge in [0.2, 0.25) is 0 Å². The first-order valence-electron chi connectivity index (χ1n) is 8.82. The van der Waals surface area contributed by atoms with Crippen molar-refractivity contribution in [3.05, 3.63) is 0 Å². The smallest absolute Gasteiger partial charge is 0.00385 e. The van der Waals surface area contributed by atoms with Crippen LogP contribution < -0.4 is 0 Å². The van der Waals surface area contributed by atoms with E-state index in [0.29, 0.717) is 5.41 Å². The fourth-order valence-corrected chi connectivity index (χ4v) is 4.00. The van der Waals surface area contributed by atoms with Crippen molar-refractivity contribution in [2.75, 3.05) is 32.7 Å². The molecule has 0 aromatic heterocycles. The number of nitrogens with zero attached hydrogens (tertiary/aromatic N) is 2. The molecule has 2 rings (SSSR count). The van der Waals surface area contributed by atoms with E-state index in [1.807, 2.05) is 0 Å². The van der Waals surface area contributed by atoms with Gasteiger partial charge in [0.1, 0.15) is 0 Å². The van der Waals surface area contributed by atoms with Gasteiger partial charge in [-0.1, -0.05) is 20.8 Å². The van der Waals surface area contributed by atoms with Crippen LogP contribution in [0, 0.1) is 17.3 Å². The molecule has 0 spiro atoms. The minimum Gasteiger partial charge on any atom is -0.303 e. The van der Waals surface area contributed by atoms with Gasteiger partial charge in [-0.25, -0.2) is 0 Å². The quantitative estimate of drug-likeness (QED) is 0.774. The Hall–Kier alpha value is -0.0800. The van der Waals surface area contributed by atoms with Gasteiger partial charge in [-0.2, -0.15) is 0 Å². The predicted molar refractivity (Wildman–Crippen MR) is 88.1 cm³/mol. The van der Waals surface area contributed by atoms with Crippen LogP contribution in [0.15, 0.2) is 0 Å². The summed E-state index contributed by atoms with van der Waals surface area (Å²) < 4.78 is 0. The van der Waals surface area contributed by atoms with Gasteiger partial charge in [-0.15, -0.1) is 0 Å². The van der Waals surface area contributed by atoms with E-state index in [1.54, 1.807) is 0 Å². The maximum absolute atomic E-state index is 2.75. The molecule has 2 aliphatic rings. The van der Waals surface area contributed by atoms with Crippen LogP contribution >= 0.6 is 0 Å². The second-order valence-electron chi connectivity index (χ2n) is 8.51. The summed E-state index contributed by atoms with van der Waals surface area (Å²) in [6.07, 6.45) is 5.65. The lowest BCUT2D eigenvalue weighted by atomic mass is 9.75. The number of piperidine rings is 2. The molecule has 2 heteroatoms. The SMILES string of the molecule is CC(C)N1CCC(CN2CCC(C(C)(C)C)CC2)CC1. The number of hydrogen-bond donors (Lipinski definition) is 0. The molecule has 118 valence electrons. The summed E-state index contributed by atoms with van der Waals surface area (Å²) in [5.74, 6) is 1.89. The largest absolute Gasteiger partial charge is 0.303 e. The lowest BCUT2D eigenvalue weighted by Crippen LogP contribution is -2.44. The Kier molecular flexibility index (Phi) is 5.53. The highest BCUT2D eigenvalue weighted by Gasteiger charge is 2.30. The summed E-state index contributed by atoms with van der Waals surface area (Å²) in [6.45, 7) is 18.6. The molecular weight excluding hydrogens is 244 g/mol. The van der Waals surface area contributed by atoms with E-state index < -0.39 is 0 Å². The molecule has 2 saturated heterocycles. The molecule has 0 radical (unpaired) electrons. The molecule has 0 N–H and O–H groups in total. The zero-order chi connectivity index (χ0) is 14.8. The third-order valence-corrected chi connectivity index (χ3v) is 5.71. The van der Waals surface area contributed by atoms with Crippen molar-refractivity contribution in [2.24, 2.45) is 17.3 Å².